The zero-order chi connectivity index (χ0) is 13.8. The number of carbonyl (C=O) groups is 2. The Labute approximate surface area is 110 Å². The van der Waals surface area contributed by atoms with Gasteiger partial charge in [0.1, 0.15) is 19.3 Å². The zero-order valence-corrected chi connectivity index (χ0v) is 10.5. The Balaban J connectivity index is 2.22. The maximum absolute atomic E-state index is 12.1. The molecule has 6 heteroatoms. The van der Waals surface area contributed by atoms with Crippen LogP contribution in [0.4, 0.5) is 0 Å². The molecule has 2 rings (SSSR count). The highest BCUT2D eigenvalue weighted by atomic mass is 16.6. The smallest absolute Gasteiger partial charge is 0.326 e. The third kappa shape index (κ3) is 2.78. The van der Waals surface area contributed by atoms with E-state index in [1.165, 1.54) is 0 Å². The summed E-state index contributed by atoms with van der Waals surface area (Å²) in [5, 5.41) is 11.4. The van der Waals surface area contributed by atoms with Crippen LogP contribution in [0.3, 0.4) is 0 Å². The minimum Gasteiger partial charge on any atom is -0.486 e. The summed E-state index contributed by atoms with van der Waals surface area (Å²) in [5.74, 6) is -0.664. The van der Waals surface area contributed by atoms with Crippen molar-refractivity contribution in [1.82, 2.24) is 5.32 Å². The summed E-state index contributed by atoms with van der Waals surface area (Å²) in [6.45, 7) is 2.50. The number of hydrogen-bond donors (Lipinski definition) is 2. The van der Waals surface area contributed by atoms with Gasteiger partial charge in [-0.05, 0) is 18.6 Å². The van der Waals surface area contributed by atoms with Crippen LogP contribution in [-0.2, 0) is 4.79 Å². The molecule has 0 aliphatic carbocycles. The van der Waals surface area contributed by atoms with E-state index >= 15 is 0 Å². The van der Waals surface area contributed by atoms with Crippen LogP contribution >= 0.6 is 0 Å². The number of carbonyl (C=O) groups excluding carboxylic acids is 1. The van der Waals surface area contributed by atoms with Gasteiger partial charge in [-0.15, -0.1) is 0 Å². The van der Waals surface area contributed by atoms with E-state index in [1.54, 1.807) is 25.1 Å². The normalized spacial score (nSPS) is 14.6. The molecule has 6 nitrogen and oxygen atoms in total. The highest BCUT2D eigenvalue weighted by Crippen LogP contribution is 2.33. The molecule has 0 fully saturated rings. The first-order valence-electron chi connectivity index (χ1n) is 6.05. The Morgan fingerprint density at radius 2 is 2.11 bits per heavy atom. The average molecular weight is 265 g/mol. The number of carboxylic acids is 1. The summed E-state index contributed by atoms with van der Waals surface area (Å²) in [7, 11) is 0. The van der Waals surface area contributed by atoms with Crippen molar-refractivity contribution in [2.75, 3.05) is 13.2 Å². The second kappa shape index (κ2) is 5.60. The number of para-hydroxylation sites is 1. The molecule has 0 spiro atoms. The molecule has 19 heavy (non-hydrogen) atoms. The highest BCUT2D eigenvalue weighted by molar-refractivity contribution is 5.99. The molecule has 1 aromatic rings. The van der Waals surface area contributed by atoms with E-state index in [4.69, 9.17) is 14.6 Å². The van der Waals surface area contributed by atoms with Gasteiger partial charge in [0.2, 0.25) is 0 Å². The Morgan fingerprint density at radius 1 is 1.37 bits per heavy atom. The van der Waals surface area contributed by atoms with Crippen molar-refractivity contribution in [2.45, 2.75) is 19.4 Å². The number of hydrogen-bond acceptors (Lipinski definition) is 4. The van der Waals surface area contributed by atoms with Crippen LogP contribution in [0.15, 0.2) is 18.2 Å². The molecule has 0 bridgehead atoms. The average Bonchev–Trinajstić information content (AvgIpc) is 2.43. The Hall–Kier alpha value is -2.24. The molecule has 0 unspecified atom stereocenters. The van der Waals surface area contributed by atoms with Crippen molar-refractivity contribution in [3.05, 3.63) is 23.8 Å². The summed E-state index contributed by atoms with van der Waals surface area (Å²) >= 11 is 0. The molecule has 0 saturated carbocycles. The fraction of sp³-hybridized carbons (Fsp3) is 0.385. The number of ether oxygens (including phenoxy) is 2. The maximum Gasteiger partial charge on any atom is 0.326 e. The highest BCUT2D eigenvalue weighted by Gasteiger charge is 2.24. The molecule has 0 saturated heterocycles. The minimum atomic E-state index is -1.06. The molecular formula is C13H15NO5. The molecule has 1 aromatic carbocycles. The van der Waals surface area contributed by atoms with Gasteiger partial charge in [0.15, 0.2) is 11.5 Å². The zero-order valence-electron chi connectivity index (χ0n) is 10.5. The number of fused-ring (bicyclic) bond motifs is 1. The number of nitrogens with one attached hydrogen (secondary N) is 1. The first-order valence-corrected chi connectivity index (χ1v) is 6.05. The number of amides is 1. The fourth-order valence-corrected chi connectivity index (χ4v) is 1.83. The fourth-order valence-electron chi connectivity index (χ4n) is 1.83. The van der Waals surface area contributed by atoms with Crippen LogP contribution in [0.1, 0.15) is 23.7 Å². The number of rotatable bonds is 4. The summed E-state index contributed by atoms with van der Waals surface area (Å²) in [5.41, 5.74) is 0.289. The van der Waals surface area contributed by atoms with Gasteiger partial charge in [-0.2, -0.15) is 0 Å². The molecule has 1 amide bonds. The topological polar surface area (TPSA) is 84.9 Å². The van der Waals surface area contributed by atoms with Gasteiger partial charge >= 0.3 is 5.97 Å². The number of aliphatic carboxylic acids is 1. The third-order valence-corrected chi connectivity index (χ3v) is 2.82. The van der Waals surface area contributed by atoms with Gasteiger partial charge in [-0.3, -0.25) is 4.79 Å². The lowest BCUT2D eigenvalue weighted by atomic mass is 10.1. The van der Waals surface area contributed by atoms with Gasteiger partial charge < -0.3 is 19.9 Å². The lowest BCUT2D eigenvalue weighted by Crippen LogP contribution is -2.40. The lowest BCUT2D eigenvalue weighted by molar-refractivity contribution is -0.139. The monoisotopic (exact) mass is 265 g/mol. The molecule has 1 heterocycles. The minimum absolute atomic E-state index is 0.289. The molecule has 1 atom stereocenters. The van der Waals surface area contributed by atoms with Gasteiger partial charge in [-0.25, -0.2) is 4.79 Å². The first-order chi connectivity index (χ1) is 9.13. The van der Waals surface area contributed by atoms with Crippen molar-refractivity contribution < 1.29 is 24.2 Å². The second-order valence-corrected chi connectivity index (χ2v) is 4.10. The van der Waals surface area contributed by atoms with Crippen LogP contribution in [0.5, 0.6) is 11.5 Å². The van der Waals surface area contributed by atoms with Crippen molar-refractivity contribution in [1.29, 1.82) is 0 Å². The van der Waals surface area contributed by atoms with Gasteiger partial charge in [-0.1, -0.05) is 13.0 Å². The standard InChI is InChI=1S/C13H15NO5/c1-2-9(13(16)17)14-12(15)8-4-3-5-10-11(8)19-7-6-18-10/h3-5,9H,2,6-7H2,1H3,(H,14,15)(H,16,17)/t9-/m1/s1. The van der Waals surface area contributed by atoms with E-state index in [2.05, 4.69) is 5.32 Å². The summed E-state index contributed by atoms with van der Waals surface area (Å²) in [6.07, 6.45) is 0.313. The van der Waals surface area contributed by atoms with Crippen LogP contribution in [0.2, 0.25) is 0 Å². The van der Waals surface area contributed by atoms with E-state index in [1.807, 2.05) is 0 Å². The Morgan fingerprint density at radius 3 is 2.79 bits per heavy atom. The molecule has 2 N–H and O–H groups in total. The first kappa shape index (κ1) is 13.2. The SMILES string of the molecule is CC[C@@H](NC(=O)c1cccc2c1OCCO2)C(=O)O. The third-order valence-electron chi connectivity index (χ3n) is 2.82. The van der Waals surface area contributed by atoms with E-state index in [9.17, 15) is 9.59 Å². The predicted octanol–water partition coefficient (Wildman–Crippen LogP) is 1.05. The van der Waals surface area contributed by atoms with E-state index in [0.29, 0.717) is 31.1 Å². The van der Waals surface area contributed by atoms with E-state index < -0.39 is 17.9 Å². The predicted molar refractivity (Wildman–Crippen MR) is 66.6 cm³/mol. The molecule has 102 valence electrons. The number of carboxylic acid groups (broad SMARTS) is 1. The largest absolute Gasteiger partial charge is 0.486 e. The van der Waals surface area contributed by atoms with Crippen molar-refractivity contribution >= 4 is 11.9 Å². The quantitative estimate of drug-likeness (QED) is 0.850. The van der Waals surface area contributed by atoms with Crippen LogP contribution in [0.25, 0.3) is 0 Å². The van der Waals surface area contributed by atoms with Crippen molar-refractivity contribution in [3.63, 3.8) is 0 Å². The lowest BCUT2D eigenvalue weighted by Gasteiger charge is -2.21. The van der Waals surface area contributed by atoms with Gasteiger partial charge in [0.05, 0.1) is 5.56 Å². The van der Waals surface area contributed by atoms with Crippen molar-refractivity contribution in [3.8, 4) is 11.5 Å². The molecule has 1 aliphatic rings. The molecule has 0 radical (unpaired) electrons. The van der Waals surface area contributed by atoms with E-state index in [0.717, 1.165) is 0 Å². The second-order valence-electron chi connectivity index (χ2n) is 4.10. The van der Waals surface area contributed by atoms with Crippen LogP contribution in [0, 0.1) is 0 Å². The maximum atomic E-state index is 12.1. The molecule has 0 aromatic heterocycles. The Bertz CT molecular complexity index is 500. The van der Waals surface area contributed by atoms with E-state index in [-0.39, 0.29) is 5.56 Å². The molecular weight excluding hydrogens is 250 g/mol. The van der Waals surface area contributed by atoms with Gasteiger partial charge in [0, 0.05) is 0 Å². The van der Waals surface area contributed by atoms with Crippen molar-refractivity contribution in [2.24, 2.45) is 0 Å². The van der Waals surface area contributed by atoms with Gasteiger partial charge in [0.25, 0.3) is 5.91 Å². The molecule has 1 aliphatic heterocycles. The summed E-state index contributed by atoms with van der Waals surface area (Å²) < 4.78 is 10.8. The number of benzene rings is 1. The summed E-state index contributed by atoms with van der Waals surface area (Å²) in [6, 6.07) is 4.05. The van der Waals surface area contributed by atoms with Crippen LogP contribution < -0.4 is 14.8 Å². The van der Waals surface area contributed by atoms with Crippen LogP contribution in [-0.4, -0.2) is 36.2 Å². The Kier molecular flexibility index (Phi) is 3.89. The summed E-state index contributed by atoms with van der Waals surface area (Å²) in [4.78, 5) is 23.0.